The molecule has 2 saturated heterocycles. The van der Waals surface area contributed by atoms with Gasteiger partial charge in [-0.05, 0) is 67.5 Å². The van der Waals surface area contributed by atoms with Gasteiger partial charge in [0, 0.05) is 56.3 Å². The SMILES string of the molecule is COC(=O)C1CCN(S(=O)(=O)c2ccc(C(=O)Nc3sc4c(c3C(=O)N3CCCC3)CCN(Cc3ccccc3)C4)cc2)CC1. The molecule has 1 N–H and O–H groups in total. The molecule has 3 aliphatic rings. The third-order valence-electron chi connectivity index (χ3n) is 8.96. The molecule has 0 saturated carbocycles. The van der Waals surface area contributed by atoms with Crippen LogP contribution in [-0.4, -0.2) is 80.1 Å². The highest BCUT2D eigenvalue weighted by Gasteiger charge is 2.34. The van der Waals surface area contributed by atoms with Crippen LogP contribution in [0.1, 0.15) is 62.4 Å². The fourth-order valence-electron chi connectivity index (χ4n) is 6.43. The van der Waals surface area contributed by atoms with Crippen molar-refractivity contribution in [2.24, 2.45) is 5.92 Å². The number of amides is 2. The first-order valence-corrected chi connectivity index (χ1v) is 17.7. The van der Waals surface area contributed by atoms with Gasteiger partial charge >= 0.3 is 5.97 Å². The number of carbonyl (C=O) groups is 3. The first-order chi connectivity index (χ1) is 21.7. The van der Waals surface area contributed by atoms with Crippen LogP contribution in [0.4, 0.5) is 5.00 Å². The van der Waals surface area contributed by atoms with Crippen molar-refractivity contribution in [3.05, 3.63) is 81.7 Å². The summed E-state index contributed by atoms with van der Waals surface area (Å²) in [6, 6.07) is 16.2. The average molecular weight is 651 g/mol. The van der Waals surface area contributed by atoms with Crippen LogP contribution < -0.4 is 5.32 Å². The lowest BCUT2D eigenvalue weighted by Gasteiger charge is -2.29. The number of carbonyl (C=O) groups excluding carboxylic acids is 3. The molecule has 10 nitrogen and oxygen atoms in total. The van der Waals surface area contributed by atoms with Gasteiger partial charge in [0.25, 0.3) is 11.8 Å². The third-order valence-corrected chi connectivity index (χ3v) is 12.0. The minimum Gasteiger partial charge on any atom is -0.469 e. The quantitative estimate of drug-likeness (QED) is 0.360. The number of hydrogen-bond donors (Lipinski definition) is 1. The summed E-state index contributed by atoms with van der Waals surface area (Å²) in [4.78, 5) is 44.5. The molecule has 0 bridgehead atoms. The number of rotatable bonds is 8. The number of methoxy groups -OCH3 is 1. The van der Waals surface area contributed by atoms with E-state index in [1.54, 1.807) is 0 Å². The van der Waals surface area contributed by atoms with Gasteiger partial charge in [-0.3, -0.25) is 19.3 Å². The zero-order chi connectivity index (χ0) is 31.6. The van der Waals surface area contributed by atoms with Crippen molar-refractivity contribution in [3.63, 3.8) is 0 Å². The van der Waals surface area contributed by atoms with E-state index in [0.29, 0.717) is 48.6 Å². The standard InChI is InChI=1S/C33H38N4O6S2/c1-43-33(40)25-13-19-37(20-14-25)45(41,42)26-11-9-24(10-12-26)30(38)34-31-29(32(39)36-16-5-6-17-36)27-15-18-35(22-28(27)44-31)21-23-7-3-2-4-8-23/h2-4,7-12,25H,5-6,13-22H2,1H3,(H,34,38). The average Bonchev–Trinajstić information content (AvgIpc) is 3.73. The highest BCUT2D eigenvalue weighted by atomic mass is 32.2. The maximum absolute atomic E-state index is 13.7. The Morgan fingerprint density at radius 2 is 1.62 bits per heavy atom. The minimum atomic E-state index is -3.78. The first kappa shape index (κ1) is 31.4. The number of hydrogen-bond acceptors (Lipinski definition) is 8. The summed E-state index contributed by atoms with van der Waals surface area (Å²) in [5.74, 6) is -1.05. The summed E-state index contributed by atoms with van der Waals surface area (Å²) >= 11 is 1.46. The maximum Gasteiger partial charge on any atom is 0.308 e. The van der Waals surface area contributed by atoms with E-state index in [1.807, 2.05) is 23.1 Å². The Morgan fingerprint density at radius 3 is 2.29 bits per heavy atom. The Morgan fingerprint density at radius 1 is 0.933 bits per heavy atom. The fraction of sp³-hybridized carbons (Fsp3) is 0.424. The molecule has 2 aromatic carbocycles. The number of piperidine rings is 1. The van der Waals surface area contributed by atoms with Crippen LogP contribution in [0.15, 0.2) is 59.5 Å². The second kappa shape index (κ2) is 13.4. The predicted molar refractivity (Wildman–Crippen MR) is 172 cm³/mol. The van der Waals surface area contributed by atoms with E-state index in [9.17, 15) is 22.8 Å². The number of benzene rings is 2. The molecule has 0 aliphatic carbocycles. The van der Waals surface area contributed by atoms with E-state index in [2.05, 4.69) is 22.3 Å². The number of fused-ring (bicyclic) bond motifs is 1. The van der Waals surface area contributed by atoms with Crippen molar-refractivity contribution in [3.8, 4) is 0 Å². The summed E-state index contributed by atoms with van der Waals surface area (Å²) in [6.07, 6.45) is 3.48. The second-order valence-electron chi connectivity index (χ2n) is 11.8. The zero-order valence-electron chi connectivity index (χ0n) is 25.4. The molecule has 0 atom stereocenters. The molecule has 0 radical (unpaired) electrons. The van der Waals surface area contributed by atoms with Crippen LogP contribution in [0.2, 0.25) is 0 Å². The summed E-state index contributed by atoms with van der Waals surface area (Å²) in [7, 11) is -2.44. The van der Waals surface area contributed by atoms with Gasteiger partial charge in [-0.15, -0.1) is 11.3 Å². The van der Waals surface area contributed by atoms with Crippen molar-refractivity contribution in [1.82, 2.24) is 14.1 Å². The molecule has 238 valence electrons. The van der Waals surface area contributed by atoms with Gasteiger partial charge in [0.05, 0.1) is 23.5 Å². The van der Waals surface area contributed by atoms with E-state index in [4.69, 9.17) is 4.74 Å². The van der Waals surface area contributed by atoms with Crippen LogP contribution in [0.5, 0.6) is 0 Å². The molecule has 2 fully saturated rings. The summed E-state index contributed by atoms with van der Waals surface area (Å²) < 4.78 is 32.7. The Labute approximate surface area is 268 Å². The highest BCUT2D eigenvalue weighted by Crippen LogP contribution is 2.39. The lowest BCUT2D eigenvalue weighted by molar-refractivity contribution is -0.146. The van der Waals surface area contributed by atoms with Crippen molar-refractivity contribution in [2.45, 2.75) is 50.1 Å². The van der Waals surface area contributed by atoms with Crippen molar-refractivity contribution < 1.29 is 27.5 Å². The molecule has 12 heteroatoms. The van der Waals surface area contributed by atoms with Crippen LogP contribution in [0.3, 0.4) is 0 Å². The Kier molecular flexibility index (Phi) is 9.36. The van der Waals surface area contributed by atoms with Crippen LogP contribution in [-0.2, 0) is 39.1 Å². The molecule has 1 aromatic heterocycles. The second-order valence-corrected chi connectivity index (χ2v) is 14.9. The Balaban J connectivity index is 1.18. The van der Waals surface area contributed by atoms with Crippen molar-refractivity contribution in [1.29, 1.82) is 0 Å². The summed E-state index contributed by atoms with van der Waals surface area (Å²) in [5.41, 5.74) is 3.15. The molecule has 3 aromatic rings. The zero-order valence-corrected chi connectivity index (χ0v) is 27.0. The molecule has 45 heavy (non-hydrogen) atoms. The summed E-state index contributed by atoms with van der Waals surface area (Å²) in [5, 5.41) is 3.56. The molecule has 2 amide bonds. The van der Waals surface area contributed by atoms with Gasteiger partial charge in [0.15, 0.2) is 0 Å². The van der Waals surface area contributed by atoms with E-state index in [-0.39, 0.29) is 35.8 Å². The fourth-order valence-corrected chi connectivity index (χ4v) is 9.17. The van der Waals surface area contributed by atoms with Crippen molar-refractivity contribution >= 4 is 44.1 Å². The number of nitrogens with one attached hydrogen (secondary N) is 1. The lowest BCUT2D eigenvalue weighted by atomic mass is 9.99. The third kappa shape index (κ3) is 6.69. The van der Waals surface area contributed by atoms with E-state index in [0.717, 1.165) is 42.8 Å². The van der Waals surface area contributed by atoms with Crippen LogP contribution in [0, 0.1) is 5.92 Å². The largest absolute Gasteiger partial charge is 0.469 e. The molecule has 4 heterocycles. The lowest BCUT2D eigenvalue weighted by Crippen LogP contribution is -2.40. The van der Waals surface area contributed by atoms with Crippen molar-refractivity contribution in [2.75, 3.05) is 45.2 Å². The Hall–Kier alpha value is -3.58. The first-order valence-electron chi connectivity index (χ1n) is 15.4. The number of sulfonamides is 1. The van der Waals surface area contributed by atoms with Gasteiger partial charge in [-0.1, -0.05) is 30.3 Å². The molecule has 6 rings (SSSR count). The summed E-state index contributed by atoms with van der Waals surface area (Å²) in [6.45, 7) is 4.22. The molecule has 3 aliphatic heterocycles. The normalized spacial score (nSPS) is 18.0. The number of esters is 1. The van der Waals surface area contributed by atoms with Gasteiger partial charge in [-0.25, -0.2) is 8.42 Å². The molecule has 0 spiro atoms. The maximum atomic E-state index is 13.7. The van der Waals surface area contributed by atoms with Gasteiger partial charge in [0.2, 0.25) is 10.0 Å². The topological polar surface area (TPSA) is 116 Å². The monoisotopic (exact) mass is 650 g/mol. The van der Waals surface area contributed by atoms with Gasteiger partial charge < -0.3 is 15.0 Å². The van der Waals surface area contributed by atoms with Gasteiger partial charge in [-0.2, -0.15) is 4.31 Å². The van der Waals surface area contributed by atoms with E-state index in [1.165, 1.54) is 52.6 Å². The van der Waals surface area contributed by atoms with E-state index < -0.39 is 15.9 Å². The number of thiophene rings is 1. The molecular formula is C33H38N4O6S2. The number of nitrogens with zero attached hydrogens (tertiary/aromatic N) is 3. The molecule has 0 unspecified atom stereocenters. The minimum absolute atomic E-state index is 0.0331. The number of anilines is 1. The van der Waals surface area contributed by atoms with Crippen LogP contribution in [0.25, 0.3) is 0 Å². The Bertz CT molecular complexity index is 1660. The smallest absolute Gasteiger partial charge is 0.308 e. The highest BCUT2D eigenvalue weighted by molar-refractivity contribution is 7.89. The van der Waals surface area contributed by atoms with Gasteiger partial charge in [0.1, 0.15) is 5.00 Å². The number of ether oxygens (including phenoxy) is 1. The van der Waals surface area contributed by atoms with Crippen LogP contribution >= 0.6 is 11.3 Å². The van der Waals surface area contributed by atoms with E-state index >= 15 is 0 Å². The molecular weight excluding hydrogens is 613 g/mol. The predicted octanol–water partition coefficient (Wildman–Crippen LogP) is 4.37. The number of likely N-dealkylation sites (tertiary alicyclic amines) is 1.